The van der Waals surface area contributed by atoms with Gasteiger partial charge in [-0.05, 0) is 112 Å². The molecule has 0 aliphatic carbocycles. The van der Waals surface area contributed by atoms with Crippen LogP contribution >= 0.6 is 0 Å². The Bertz CT molecular complexity index is 2680. The number of benzene rings is 5. The molecule has 0 unspecified atom stereocenters. The molecule has 4 nitrogen and oxygen atoms in total. The van der Waals surface area contributed by atoms with Crippen molar-refractivity contribution in [1.82, 2.24) is 9.13 Å². The van der Waals surface area contributed by atoms with Crippen molar-refractivity contribution in [3.8, 4) is 11.4 Å². The maximum atomic E-state index is 14.8. The predicted octanol–water partition coefficient (Wildman–Crippen LogP) is 12.1. The fourth-order valence-electron chi connectivity index (χ4n) is 7.52. The van der Waals surface area contributed by atoms with Crippen molar-refractivity contribution in [3.63, 3.8) is 0 Å². The molecule has 0 fully saturated rings. The summed E-state index contributed by atoms with van der Waals surface area (Å²) in [5.74, 6) is 0. The van der Waals surface area contributed by atoms with Crippen LogP contribution in [-0.4, -0.2) is 9.13 Å². The number of rotatable bonds is 2. The predicted molar refractivity (Wildman–Crippen MR) is 227 cm³/mol. The molecule has 0 amide bonds. The lowest BCUT2D eigenvalue weighted by atomic mass is 9.80. The fraction of sp³-hybridized carbons (Fsp3) is 0.347. The first-order valence-electron chi connectivity index (χ1n) is 18.9. The first kappa shape index (κ1) is 36.4. The molecule has 4 heteroatoms. The standard InChI is InChI=1S/C49H54N2O2/c1-29-18-19-41-37(20-29)45(53)39-28-42-38(27-43(39)51(41)35-25-32(48(8,9)10)22-33(26-35)49(11,12)13)44(52)36-16-14-15-17-40(36)50(42)34-23-30(46(2,3)4)21-31(24-34)47(5,6)7/h14-28H,1-13H3. The van der Waals surface area contributed by atoms with Gasteiger partial charge in [-0.15, -0.1) is 0 Å². The molecule has 0 spiro atoms. The molecule has 53 heavy (non-hydrogen) atoms. The van der Waals surface area contributed by atoms with E-state index in [2.05, 4.69) is 141 Å². The second-order valence-electron chi connectivity index (χ2n) is 19.3. The van der Waals surface area contributed by atoms with Crippen LogP contribution < -0.4 is 10.9 Å². The highest BCUT2D eigenvalue weighted by atomic mass is 16.1. The molecule has 0 bridgehead atoms. The number of aromatic nitrogens is 2. The van der Waals surface area contributed by atoms with Gasteiger partial charge in [-0.1, -0.05) is 119 Å². The van der Waals surface area contributed by atoms with Gasteiger partial charge in [0.05, 0.1) is 22.1 Å². The zero-order valence-corrected chi connectivity index (χ0v) is 33.9. The molecule has 0 radical (unpaired) electrons. The summed E-state index contributed by atoms with van der Waals surface area (Å²) in [4.78, 5) is 29.5. The minimum atomic E-state index is -0.107. The van der Waals surface area contributed by atoms with E-state index in [0.29, 0.717) is 21.5 Å². The molecule has 7 rings (SSSR count). The van der Waals surface area contributed by atoms with Gasteiger partial charge in [-0.2, -0.15) is 0 Å². The van der Waals surface area contributed by atoms with E-state index in [1.807, 2.05) is 49.4 Å². The van der Waals surface area contributed by atoms with Crippen molar-refractivity contribution >= 4 is 43.6 Å². The third-order valence-corrected chi connectivity index (χ3v) is 10.9. The van der Waals surface area contributed by atoms with Gasteiger partial charge < -0.3 is 9.13 Å². The van der Waals surface area contributed by atoms with Crippen LogP contribution in [0, 0.1) is 6.92 Å². The second kappa shape index (κ2) is 12.0. The summed E-state index contributed by atoms with van der Waals surface area (Å²) in [6, 6.07) is 31.6. The van der Waals surface area contributed by atoms with Gasteiger partial charge in [-0.3, -0.25) is 9.59 Å². The molecule has 2 heterocycles. The van der Waals surface area contributed by atoms with Gasteiger partial charge in [0.1, 0.15) is 0 Å². The van der Waals surface area contributed by atoms with Gasteiger partial charge >= 0.3 is 0 Å². The molecule has 272 valence electrons. The third kappa shape index (κ3) is 6.30. The lowest BCUT2D eigenvalue weighted by molar-refractivity contribution is 0.567. The molecular weight excluding hydrogens is 649 g/mol. The van der Waals surface area contributed by atoms with E-state index < -0.39 is 0 Å². The summed E-state index contributed by atoms with van der Waals surface area (Å²) in [6.07, 6.45) is 0. The summed E-state index contributed by atoms with van der Waals surface area (Å²) in [5.41, 5.74) is 10.4. The number of hydrogen-bond donors (Lipinski definition) is 0. The Labute approximate surface area is 314 Å². The van der Waals surface area contributed by atoms with E-state index in [1.165, 1.54) is 22.3 Å². The molecule has 0 N–H and O–H groups in total. The Hall–Kier alpha value is -4.96. The maximum absolute atomic E-state index is 14.8. The van der Waals surface area contributed by atoms with Crippen molar-refractivity contribution in [3.05, 3.63) is 139 Å². The average Bonchev–Trinajstić information content (AvgIpc) is 3.06. The second-order valence-corrected chi connectivity index (χ2v) is 19.3. The van der Waals surface area contributed by atoms with Crippen LogP contribution in [0.3, 0.4) is 0 Å². The smallest absolute Gasteiger partial charge is 0.197 e. The minimum Gasteiger partial charge on any atom is -0.309 e. The molecule has 0 saturated heterocycles. The highest BCUT2D eigenvalue weighted by molar-refractivity contribution is 6.05. The number of nitrogens with zero attached hydrogens (tertiary/aromatic N) is 2. The molecule has 0 atom stereocenters. The van der Waals surface area contributed by atoms with Crippen molar-refractivity contribution in [1.29, 1.82) is 0 Å². The lowest BCUT2D eigenvalue weighted by Gasteiger charge is -2.28. The van der Waals surface area contributed by atoms with Gasteiger partial charge in [0.15, 0.2) is 10.9 Å². The Morgan fingerprint density at radius 1 is 0.377 bits per heavy atom. The molecule has 0 aliphatic heterocycles. The van der Waals surface area contributed by atoms with E-state index in [0.717, 1.165) is 39.0 Å². The van der Waals surface area contributed by atoms with E-state index >= 15 is 0 Å². The topological polar surface area (TPSA) is 44.0 Å². The van der Waals surface area contributed by atoms with Crippen LogP contribution in [0.4, 0.5) is 0 Å². The molecule has 0 saturated carbocycles. The SMILES string of the molecule is Cc1ccc2c(c1)c(=O)c1cc3c(cc1n2-c1cc(C(C)(C)C)cc(C(C)(C)C)c1)c(=O)c1ccccc1n3-c1cc(C(C)(C)C)cc(C(C)(C)C)c1. The van der Waals surface area contributed by atoms with Gasteiger partial charge in [0, 0.05) is 32.9 Å². The van der Waals surface area contributed by atoms with Crippen LogP contribution in [0.25, 0.3) is 55.0 Å². The number of pyridine rings is 2. The number of fused-ring (bicyclic) bond motifs is 4. The summed E-state index contributed by atoms with van der Waals surface area (Å²) < 4.78 is 4.42. The normalized spacial score (nSPS) is 13.2. The summed E-state index contributed by atoms with van der Waals surface area (Å²) in [7, 11) is 0. The van der Waals surface area contributed by atoms with Crippen LogP contribution in [0.15, 0.2) is 101 Å². The molecule has 2 aromatic heterocycles. The van der Waals surface area contributed by atoms with Crippen molar-refractivity contribution in [2.24, 2.45) is 0 Å². The average molecular weight is 703 g/mol. The number of hydrogen-bond acceptors (Lipinski definition) is 2. The Balaban J connectivity index is 1.72. The van der Waals surface area contributed by atoms with Crippen LogP contribution in [0.2, 0.25) is 0 Å². The summed E-state index contributed by atoms with van der Waals surface area (Å²) in [6.45, 7) is 28.9. The van der Waals surface area contributed by atoms with Crippen molar-refractivity contribution < 1.29 is 0 Å². The number of para-hydroxylation sites is 1. The lowest BCUT2D eigenvalue weighted by Crippen LogP contribution is -2.19. The zero-order valence-electron chi connectivity index (χ0n) is 33.9. The Morgan fingerprint density at radius 3 is 1.15 bits per heavy atom. The van der Waals surface area contributed by atoms with Crippen molar-refractivity contribution in [2.75, 3.05) is 0 Å². The van der Waals surface area contributed by atoms with Crippen LogP contribution in [0.5, 0.6) is 0 Å². The molecule has 5 aromatic carbocycles. The van der Waals surface area contributed by atoms with E-state index in [1.54, 1.807) is 0 Å². The fourth-order valence-corrected chi connectivity index (χ4v) is 7.52. The Kier molecular flexibility index (Phi) is 8.26. The zero-order chi connectivity index (χ0) is 38.6. The van der Waals surface area contributed by atoms with E-state index in [4.69, 9.17) is 0 Å². The highest BCUT2D eigenvalue weighted by Gasteiger charge is 2.25. The first-order valence-corrected chi connectivity index (χ1v) is 18.9. The van der Waals surface area contributed by atoms with Gasteiger partial charge in [-0.25, -0.2) is 0 Å². The van der Waals surface area contributed by atoms with Crippen LogP contribution in [-0.2, 0) is 21.7 Å². The van der Waals surface area contributed by atoms with Crippen molar-refractivity contribution in [2.45, 2.75) is 112 Å². The third-order valence-electron chi connectivity index (χ3n) is 10.9. The van der Waals surface area contributed by atoms with E-state index in [-0.39, 0.29) is 32.5 Å². The monoisotopic (exact) mass is 702 g/mol. The molecule has 7 aromatic rings. The summed E-state index contributed by atoms with van der Waals surface area (Å²) >= 11 is 0. The maximum Gasteiger partial charge on any atom is 0.197 e. The highest BCUT2D eigenvalue weighted by Crippen LogP contribution is 2.37. The minimum absolute atomic E-state index is 0.0362. The van der Waals surface area contributed by atoms with Gasteiger partial charge in [0.25, 0.3) is 0 Å². The molecule has 0 aliphatic rings. The number of aryl methyl sites for hydroxylation is 1. The first-order chi connectivity index (χ1) is 24.5. The Morgan fingerprint density at radius 2 is 0.736 bits per heavy atom. The van der Waals surface area contributed by atoms with Crippen LogP contribution in [0.1, 0.15) is 111 Å². The summed E-state index contributed by atoms with van der Waals surface area (Å²) in [5, 5.41) is 2.47. The van der Waals surface area contributed by atoms with Gasteiger partial charge in [0.2, 0.25) is 0 Å². The van der Waals surface area contributed by atoms with E-state index in [9.17, 15) is 9.59 Å². The molecular formula is C49H54N2O2. The quantitative estimate of drug-likeness (QED) is 0.168. The largest absolute Gasteiger partial charge is 0.309 e.